The van der Waals surface area contributed by atoms with Crippen molar-refractivity contribution in [2.45, 2.75) is 37.2 Å². The number of anilines is 1. The Bertz CT molecular complexity index is 1070. The molecule has 4 rings (SSSR count). The lowest BCUT2D eigenvalue weighted by atomic mass is 9.78. The number of alkyl halides is 2. The lowest BCUT2D eigenvalue weighted by Crippen LogP contribution is -2.36. The van der Waals surface area contributed by atoms with Gasteiger partial charge in [0.1, 0.15) is 5.82 Å². The molecule has 2 aromatic carbocycles. The van der Waals surface area contributed by atoms with E-state index < -0.39 is 23.2 Å². The first-order valence-corrected chi connectivity index (χ1v) is 9.53. The number of benzene rings is 2. The first-order valence-electron chi connectivity index (χ1n) is 9.15. The molecule has 1 aliphatic carbocycles. The average molecular weight is 423 g/mol. The van der Waals surface area contributed by atoms with Crippen molar-refractivity contribution in [1.82, 2.24) is 4.98 Å². The van der Waals surface area contributed by atoms with Gasteiger partial charge in [-0.05, 0) is 42.7 Å². The summed E-state index contributed by atoms with van der Waals surface area (Å²) in [4.78, 5) is 15.4. The molecule has 0 aliphatic heterocycles. The van der Waals surface area contributed by atoms with Gasteiger partial charge in [0, 0.05) is 30.0 Å². The SMILES string of the molecule is O=C(Nc1c[nH]c2cc(F)c(Cl)cc12)c1ccc(C2(O)CCC(F)(F)CC2)cc1. The second-order valence-electron chi connectivity index (χ2n) is 7.43. The molecule has 152 valence electrons. The molecular formula is C21H18ClF3N2O2. The zero-order chi connectivity index (χ0) is 20.8. The average Bonchev–Trinajstić information content (AvgIpc) is 3.06. The molecule has 1 saturated carbocycles. The third-order valence-corrected chi connectivity index (χ3v) is 5.75. The summed E-state index contributed by atoms with van der Waals surface area (Å²) in [6, 6.07) is 8.92. The van der Waals surface area contributed by atoms with Gasteiger partial charge in [0.05, 0.1) is 21.8 Å². The molecule has 0 saturated heterocycles. The number of halogens is 4. The number of nitrogens with one attached hydrogen (secondary N) is 2. The summed E-state index contributed by atoms with van der Waals surface area (Å²) in [5, 5.41) is 13.9. The number of amides is 1. The van der Waals surface area contributed by atoms with Crippen LogP contribution < -0.4 is 5.32 Å². The largest absolute Gasteiger partial charge is 0.385 e. The summed E-state index contributed by atoms with van der Waals surface area (Å²) in [5.74, 6) is -3.70. The standard InChI is InChI=1S/C21H18ClF3N2O2/c22-15-9-14-17(10-16(15)23)26-11-18(14)27-19(28)12-1-3-13(4-2-12)20(29)5-7-21(24,25)8-6-20/h1-4,9-11,26,29H,5-8H2,(H,27,28). The van der Waals surface area contributed by atoms with Gasteiger partial charge in [0.2, 0.25) is 5.92 Å². The Morgan fingerprint density at radius 3 is 2.41 bits per heavy atom. The molecule has 1 aromatic heterocycles. The van der Waals surface area contributed by atoms with E-state index in [4.69, 9.17) is 11.6 Å². The maximum Gasteiger partial charge on any atom is 0.255 e. The van der Waals surface area contributed by atoms with E-state index in [9.17, 15) is 23.1 Å². The molecular weight excluding hydrogens is 405 g/mol. The Labute approximate surface area is 169 Å². The Morgan fingerprint density at radius 1 is 1.10 bits per heavy atom. The van der Waals surface area contributed by atoms with Crippen molar-refractivity contribution in [3.05, 3.63) is 64.6 Å². The number of carbonyl (C=O) groups is 1. The van der Waals surface area contributed by atoms with Gasteiger partial charge >= 0.3 is 0 Å². The Morgan fingerprint density at radius 2 is 1.76 bits per heavy atom. The molecule has 0 atom stereocenters. The summed E-state index contributed by atoms with van der Waals surface area (Å²) in [7, 11) is 0. The van der Waals surface area contributed by atoms with Crippen LogP contribution in [0, 0.1) is 5.82 Å². The zero-order valence-electron chi connectivity index (χ0n) is 15.2. The van der Waals surface area contributed by atoms with Crippen LogP contribution in [0.3, 0.4) is 0 Å². The van der Waals surface area contributed by atoms with Crippen LogP contribution in [0.25, 0.3) is 10.9 Å². The van der Waals surface area contributed by atoms with Crippen LogP contribution in [-0.4, -0.2) is 21.9 Å². The van der Waals surface area contributed by atoms with Gasteiger partial charge in [-0.2, -0.15) is 0 Å². The highest BCUT2D eigenvalue weighted by Gasteiger charge is 2.43. The summed E-state index contributed by atoms with van der Waals surface area (Å²) in [6.45, 7) is 0. The Kier molecular flexibility index (Phi) is 4.83. The predicted octanol–water partition coefficient (Wildman–Crippen LogP) is 5.61. The minimum atomic E-state index is -2.74. The van der Waals surface area contributed by atoms with Crippen molar-refractivity contribution in [2.75, 3.05) is 5.32 Å². The number of hydrogen-bond acceptors (Lipinski definition) is 2. The first-order chi connectivity index (χ1) is 13.7. The Hall–Kier alpha value is -2.51. The molecule has 0 bridgehead atoms. The predicted molar refractivity (Wildman–Crippen MR) is 105 cm³/mol. The zero-order valence-corrected chi connectivity index (χ0v) is 16.0. The highest BCUT2D eigenvalue weighted by molar-refractivity contribution is 6.31. The van der Waals surface area contributed by atoms with E-state index in [0.717, 1.165) is 0 Å². The molecule has 1 aliphatic rings. The normalized spacial score (nSPS) is 18.0. The molecule has 1 amide bonds. The fourth-order valence-corrected chi connectivity index (χ4v) is 3.83. The minimum absolute atomic E-state index is 0.0296. The van der Waals surface area contributed by atoms with Crippen LogP contribution in [0.4, 0.5) is 18.9 Å². The number of fused-ring (bicyclic) bond motifs is 1. The van der Waals surface area contributed by atoms with Crippen molar-refractivity contribution in [3.8, 4) is 0 Å². The van der Waals surface area contributed by atoms with E-state index in [1.807, 2.05) is 0 Å². The number of carbonyl (C=O) groups excluding carboxylic acids is 1. The molecule has 0 spiro atoms. The van der Waals surface area contributed by atoms with Crippen molar-refractivity contribution in [3.63, 3.8) is 0 Å². The van der Waals surface area contributed by atoms with Gasteiger partial charge in [-0.3, -0.25) is 4.79 Å². The lowest BCUT2D eigenvalue weighted by molar-refractivity contribution is -0.107. The van der Waals surface area contributed by atoms with E-state index in [2.05, 4.69) is 10.3 Å². The van der Waals surface area contributed by atoms with E-state index in [-0.39, 0.29) is 30.7 Å². The quantitative estimate of drug-likeness (QED) is 0.513. The number of aromatic nitrogens is 1. The van der Waals surface area contributed by atoms with Crippen LogP contribution in [0.15, 0.2) is 42.6 Å². The summed E-state index contributed by atoms with van der Waals surface area (Å²) in [6.07, 6.45) is 0.749. The van der Waals surface area contributed by atoms with Gasteiger partial charge in [-0.1, -0.05) is 23.7 Å². The second-order valence-corrected chi connectivity index (χ2v) is 7.84. The van der Waals surface area contributed by atoms with Gasteiger partial charge in [-0.15, -0.1) is 0 Å². The number of rotatable bonds is 3. The van der Waals surface area contributed by atoms with Crippen LogP contribution in [-0.2, 0) is 5.60 Å². The van der Waals surface area contributed by atoms with E-state index in [1.54, 1.807) is 12.1 Å². The van der Waals surface area contributed by atoms with Gasteiger partial charge in [0.15, 0.2) is 0 Å². The van der Waals surface area contributed by atoms with E-state index in [0.29, 0.717) is 27.7 Å². The van der Waals surface area contributed by atoms with E-state index >= 15 is 0 Å². The van der Waals surface area contributed by atoms with Crippen LogP contribution >= 0.6 is 11.6 Å². The van der Waals surface area contributed by atoms with E-state index in [1.165, 1.54) is 30.5 Å². The maximum atomic E-state index is 13.5. The molecule has 29 heavy (non-hydrogen) atoms. The summed E-state index contributed by atoms with van der Waals surface area (Å²) < 4.78 is 40.3. The molecule has 1 fully saturated rings. The molecule has 3 N–H and O–H groups in total. The summed E-state index contributed by atoms with van der Waals surface area (Å²) in [5.41, 5.74) is 0.479. The first kappa shape index (κ1) is 19.8. The third-order valence-electron chi connectivity index (χ3n) is 5.46. The van der Waals surface area contributed by atoms with Crippen molar-refractivity contribution < 1.29 is 23.1 Å². The summed E-state index contributed by atoms with van der Waals surface area (Å²) >= 11 is 5.82. The second kappa shape index (κ2) is 7.07. The van der Waals surface area contributed by atoms with Crippen LogP contribution in [0.5, 0.6) is 0 Å². The van der Waals surface area contributed by atoms with Gasteiger partial charge < -0.3 is 15.4 Å². The molecule has 3 aromatic rings. The Balaban J connectivity index is 1.51. The number of aromatic amines is 1. The van der Waals surface area contributed by atoms with Crippen LogP contribution in [0.1, 0.15) is 41.6 Å². The topological polar surface area (TPSA) is 65.1 Å². The minimum Gasteiger partial charge on any atom is -0.385 e. The highest BCUT2D eigenvalue weighted by Crippen LogP contribution is 2.43. The van der Waals surface area contributed by atoms with Gasteiger partial charge in [-0.25, -0.2) is 13.2 Å². The third kappa shape index (κ3) is 3.84. The van der Waals surface area contributed by atoms with Crippen molar-refractivity contribution in [2.24, 2.45) is 0 Å². The number of aliphatic hydroxyl groups is 1. The van der Waals surface area contributed by atoms with Gasteiger partial charge in [0.25, 0.3) is 5.91 Å². The molecule has 4 nitrogen and oxygen atoms in total. The fourth-order valence-electron chi connectivity index (χ4n) is 3.66. The molecule has 1 heterocycles. The molecule has 0 radical (unpaired) electrons. The fraction of sp³-hybridized carbons (Fsp3) is 0.286. The monoisotopic (exact) mass is 422 g/mol. The van der Waals surface area contributed by atoms with Crippen molar-refractivity contribution >= 4 is 34.1 Å². The smallest absolute Gasteiger partial charge is 0.255 e. The van der Waals surface area contributed by atoms with Crippen LogP contribution in [0.2, 0.25) is 5.02 Å². The van der Waals surface area contributed by atoms with Crippen molar-refractivity contribution in [1.29, 1.82) is 0 Å². The highest BCUT2D eigenvalue weighted by atomic mass is 35.5. The lowest BCUT2D eigenvalue weighted by Gasteiger charge is -2.36. The molecule has 8 heteroatoms. The maximum absolute atomic E-state index is 13.5. The number of hydrogen-bond donors (Lipinski definition) is 3. The molecule has 0 unspecified atom stereocenters. The number of H-pyrrole nitrogens is 1.